The Kier molecular flexibility index (Phi) is 3.19. The number of aromatic nitrogens is 4. The van der Waals surface area contributed by atoms with Crippen molar-refractivity contribution in [2.75, 3.05) is 5.32 Å². The van der Waals surface area contributed by atoms with E-state index >= 15 is 0 Å². The molecule has 0 radical (unpaired) electrons. The van der Waals surface area contributed by atoms with Crippen LogP contribution in [0.1, 0.15) is 5.82 Å². The standard InChI is InChI=1S/C13H12N6O2/c1-18-13(15-8-16-18)7-14-12-5-2-9-6-10(19(20)21)3-4-11(9)17-12/h2-6,8H,7H2,1H3,(H,14,17). The highest BCUT2D eigenvalue weighted by atomic mass is 16.6. The Balaban J connectivity index is 1.82. The molecule has 0 aliphatic heterocycles. The molecule has 3 rings (SSSR count). The number of hydrogen-bond acceptors (Lipinski definition) is 6. The van der Waals surface area contributed by atoms with Gasteiger partial charge in [0.1, 0.15) is 18.0 Å². The van der Waals surface area contributed by atoms with E-state index in [1.165, 1.54) is 18.5 Å². The number of nitrogens with zero attached hydrogens (tertiary/aromatic N) is 5. The summed E-state index contributed by atoms with van der Waals surface area (Å²) >= 11 is 0. The van der Waals surface area contributed by atoms with Crippen molar-refractivity contribution in [3.8, 4) is 0 Å². The largest absolute Gasteiger partial charge is 0.363 e. The van der Waals surface area contributed by atoms with Gasteiger partial charge in [0, 0.05) is 24.6 Å². The number of pyridine rings is 1. The number of nitro benzene ring substituents is 1. The fourth-order valence-electron chi connectivity index (χ4n) is 1.97. The van der Waals surface area contributed by atoms with Crippen molar-refractivity contribution in [1.82, 2.24) is 19.7 Å². The lowest BCUT2D eigenvalue weighted by atomic mass is 10.2. The van der Waals surface area contributed by atoms with E-state index in [0.29, 0.717) is 17.9 Å². The molecule has 0 saturated heterocycles. The number of rotatable bonds is 4. The molecule has 0 spiro atoms. The van der Waals surface area contributed by atoms with E-state index in [1.807, 2.05) is 7.05 Å². The molecule has 0 bridgehead atoms. The first-order valence-electron chi connectivity index (χ1n) is 6.25. The SMILES string of the molecule is Cn1ncnc1CNc1ccc2cc([N+](=O)[O-])ccc2n1. The number of anilines is 1. The molecule has 0 saturated carbocycles. The van der Waals surface area contributed by atoms with Gasteiger partial charge in [0.15, 0.2) is 0 Å². The van der Waals surface area contributed by atoms with Crippen molar-refractivity contribution in [2.24, 2.45) is 7.05 Å². The van der Waals surface area contributed by atoms with Gasteiger partial charge >= 0.3 is 0 Å². The van der Waals surface area contributed by atoms with Crippen LogP contribution in [-0.4, -0.2) is 24.7 Å². The molecule has 8 heteroatoms. The van der Waals surface area contributed by atoms with Gasteiger partial charge in [0.2, 0.25) is 0 Å². The minimum atomic E-state index is -0.417. The van der Waals surface area contributed by atoms with Crippen molar-refractivity contribution in [3.05, 3.63) is 52.6 Å². The maximum absolute atomic E-state index is 10.7. The summed E-state index contributed by atoms with van der Waals surface area (Å²) in [4.78, 5) is 18.8. The van der Waals surface area contributed by atoms with E-state index in [1.54, 1.807) is 22.9 Å². The zero-order chi connectivity index (χ0) is 14.8. The predicted molar refractivity (Wildman–Crippen MR) is 76.7 cm³/mol. The zero-order valence-electron chi connectivity index (χ0n) is 11.2. The molecule has 21 heavy (non-hydrogen) atoms. The maximum Gasteiger partial charge on any atom is 0.270 e. The van der Waals surface area contributed by atoms with Crippen LogP contribution < -0.4 is 5.32 Å². The first-order valence-corrected chi connectivity index (χ1v) is 6.25. The van der Waals surface area contributed by atoms with Crippen molar-refractivity contribution < 1.29 is 4.92 Å². The summed E-state index contributed by atoms with van der Waals surface area (Å²) < 4.78 is 1.68. The van der Waals surface area contributed by atoms with Crippen LogP contribution in [0.25, 0.3) is 10.9 Å². The quantitative estimate of drug-likeness (QED) is 0.580. The summed E-state index contributed by atoms with van der Waals surface area (Å²) in [5, 5.41) is 18.6. The summed E-state index contributed by atoms with van der Waals surface area (Å²) in [6.45, 7) is 0.502. The number of nitro groups is 1. The molecule has 1 aromatic carbocycles. The van der Waals surface area contributed by atoms with Crippen molar-refractivity contribution in [2.45, 2.75) is 6.54 Å². The fraction of sp³-hybridized carbons (Fsp3) is 0.154. The van der Waals surface area contributed by atoms with E-state index in [2.05, 4.69) is 20.4 Å². The third-order valence-corrected chi connectivity index (χ3v) is 3.12. The normalized spacial score (nSPS) is 10.7. The third-order valence-electron chi connectivity index (χ3n) is 3.12. The Labute approximate surface area is 119 Å². The van der Waals surface area contributed by atoms with Crippen LogP contribution in [0.4, 0.5) is 11.5 Å². The lowest BCUT2D eigenvalue weighted by molar-refractivity contribution is -0.384. The number of aryl methyl sites for hydroxylation is 1. The van der Waals surface area contributed by atoms with Crippen molar-refractivity contribution >= 4 is 22.4 Å². The minimum absolute atomic E-state index is 0.0593. The van der Waals surface area contributed by atoms with Crippen LogP contribution in [0.3, 0.4) is 0 Å². The smallest absolute Gasteiger partial charge is 0.270 e. The molecule has 0 aliphatic rings. The van der Waals surface area contributed by atoms with Crippen LogP contribution >= 0.6 is 0 Å². The number of hydrogen-bond donors (Lipinski definition) is 1. The van der Waals surface area contributed by atoms with Gasteiger partial charge in [-0.3, -0.25) is 14.8 Å². The molecule has 2 aromatic heterocycles. The summed E-state index contributed by atoms with van der Waals surface area (Å²) in [5.41, 5.74) is 0.757. The Morgan fingerprint density at radius 3 is 2.90 bits per heavy atom. The van der Waals surface area contributed by atoms with Crippen LogP contribution in [0.15, 0.2) is 36.7 Å². The lowest BCUT2D eigenvalue weighted by Gasteiger charge is -2.06. The van der Waals surface area contributed by atoms with Gasteiger partial charge in [-0.1, -0.05) is 0 Å². The molecular formula is C13H12N6O2. The van der Waals surface area contributed by atoms with Gasteiger partial charge in [0.05, 0.1) is 17.0 Å². The van der Waals surface area contributed by atoms with Gasteiger partial charge in [-0.05, 0) is 18.2 Å². The summed E-state index contributed by atoms with van der Waals surface area (Å²) in [7, 11) is 1.82. The second-order valence-electron chi connectivity index (χ2n) is 4.48. The molecule has 0 aliphatic carbocycles. The monoisotopic (exact) mass is 284 g/mol. The zero-order valence-corrected chi connectivity index (χ0v) is 11.2. The molecule has 0 fully saturated rings. The number of fused-ring (bicyclic) bond motifs is 1. The highest BCUT2D eigenvalue weighted by Crippen LogP contribution is 2.21. The Hall–Kier alpha value is -3.03. The van der Waals surface area contributed by atoms with Crippen molar-refractivity contribution in [1.29, 1.82) is 0 Å². The van der Waals surface area contributed by atoms with Crippen molar-refractivity contribution in [3.63, 3.8) is 0 Å². The van der Waals surface area contributed by atoms with Crippen LogP contribution in [0.5, 0.6) is 0 Å². The van der Waals surface area contributed by atoms with E-state index < -0.39 is 4.92 Å². The summed E-state index contributed by atoms with van der Waals surface area (Å²) in [6.07, 6.45) is 1.49. The predicted octanol–water partition coefficient (Wildman–Crippen LogP) is 1.88. The molecule has 1 N–H and O–H groups in total. The van der Waals surface area contributed by atoms with Gasteiger partial charge in [-0.25, -0.2) is 9.97 Å². The first kappa shape index (κ1) is 13.0. The number of non-ortho nitro benzene ring substituents is 1. The van der Waals surface area contributed by atoms with E-state index in [4.69, 9.17) is 0 Å². The van der Waals surface area contributed by atoms with Gasteiger partial charge < -0.3 is 5.32 Å². The average molecular weight is 284 g/mol. The van der Waals surface area contributed by atoms with E-state index in [-0.39, 0.29) is 5.69 Å². The second-order valence-corrected chi connectivity index (χ2v) is 4.48. The molecule has 3 aromatic rings. The summed E-state index contributed by atoms with van der Waals surface area (Å²) in [5.74, 6) is 1.47. The fourth-order valence-corrected chi connectivity index (χ4v) is 1.97. The Morgan fingerprint density at radius 2 is 2.19 bits per heavy atom. The number of benzene rings is 1. The first-order chi connectivity index (χ1) is 10.1. The van der Waals surface area contributed by atoms with Crippen LogP contribution in [0, 0.1) is 10.1 Å². The lowest BCUT2D eigenvalue weighted by Crippen LogP contribution is -2.07. The van der Waals surface area contributed by atoms with Crippen LogP contribution in [0.2, 0.25) is 0 Å². The highest BCUT2D eigenvalue weighted by Gasteiger charge is 2.07. The van der Waals surface area contributed by atoms with Gasteiger partial charge in [-0.15, -0.1) is 0 Å². The van der Waals surface area contributed by atoms with Gasteiger partial charge in [-0.2, -0.15) is 5.10 Å². The second kappa shape index (κ2) is 5.16. The van der Waals surface area contributed by atoms with Crippen LogP contribution in [-0.2, 0) is 13.6 Å². The molecule has 0 unspecified atom stereocenters. The molecule has 8 nitrogen and oxygen atoms in total. The van der Waals surface area contributed by atoms with Gasteiger partial charge in [0.25, 0.3) is 5.69 Å². The molecular weight excluding hydrogens is 272 g/mol. The molecule has 2 heterocycles. The Bertz CT molecular complexity index is 813. The number of nitrogens with one attached hydrogen (secondary N) is 1. The molecule has 106 valence electrons. The Morgan fingerprint density at radius 1 is 1.33 bits per heavy atom. The van der Waals surface area contributed by atoms with E-state index in [9.17, 15) is 10.1 Å². The minimum Gasteiger partial charge on any atom is -0.363 e. The topological polar surface area (TPSA) is 98.8 Å². The summed E-state index contributed by atoms with van der Waals surface area (Å²) in [6, 6.07) is 8.17. The van der Waals surface area contributed by atoms with E-state index in [0.717, 1.165) is 11.2 Å². The maximum atomic E-state index is 10.7. The highest BCUT2D eigenvalue weighted by molar-refractivity contribution is 5.82. The molecule has 0 atom stereocenters. The molecule has 0 amide bonds. The third kappa shape index (κ3) is 2.64. The average Bonchev–Trinajstić information content (AvgIpc) is 2.89.